The van der Waals surface area contributed by atoms with Crippen molar-refractivity contribution in [3.05, 3.63) is 0 Å². The van der Waals surface area contributed by atoms with Gasteiger partial charge in [-0.05, 0) is 49.9 Å². The smallest absolute Gasteiger partial charge is 0.341 e. The van der Waals surface area contributed by atoms with E-state index in [4.69, 9.17) is 28.4 Å². The van der Waals surface area contributed by atoms with Gasteiger partial charge in [0.25, 0.3) is 0 Å². The molecule has 8 rings (SSSR count). The summed E-state index contributed by atoms with van der Waals surface area (Å²) in [6.07, 6.45) is -4.87. The Morgan fingerprint density at radius 2 is 1.62 bits per heavy atom. The van der Waals surface area contributed by atoms with Crippen LogP contribution in [-0.2, 0) is 52.4 Å². The van der Waals surface area contributed by atoms with Crippen LogP contribution < -0.4 is 0 Å². The second-order valence-corrected chi connectivity index (χ2v) is 18.0. The average Bonchev–Trinajstić information content (AvgIpc) is 3.89. The summed E-state index contributed by atoms with van der Waals surface area (Å²) in [5, 5.41) is 24.4. The molecule has 1 spiro atoms. The third-order valence-corrected chi connectivity index (χ3v) is 15.1. The van der Waals surface area contributed by atoms with Crippen LogP contribution in [0.25, 0.3) is 0 Å². The minimum absolute atomic E-state index is 0.0406. The summed E-state index contributed by atoms with van der Waals surface area (Å²) in [5.41, 5.74) is -5.42. The van der Waals surface area contributed by atoms with E-state index in [0.717, 1.165) is 0 Å². The van der Waals surface area contributed by atoms with Gasteiger partial charge in [0.1, 0.15) is 36.6 Å². The Balaban J connectivity index is 1.35. The Hall–Kier alpha value is -2.61. The standard InChI is InChI=1S/C37H50O13/c1-13(2)10-20(40)48-29-24-21-23(34(7)17(26(41)27(21)42)11-18-28(47-18)31(34)46-16(5)39)19(45-15(4)38)12-33(24,6)22-14(3)30-37(49-30)35(8,25(22)29)36(9,44)32(43)50-37/h13-14,17-19,21-25,27-31,42,44H,10-12H2,1-9H3/t14-,17+,18-,19+,21+,22-,23-,24+,25-,27+,28-,29+,30+,31-,33+,34-,35-,36+,37-/m0/s1. The lowest BCUT2D eigenvalue weighted by atomic mass is 9.41. The predicted octanol–water partition coefficient (Wildman–Crippen LogP) is 2.11. The number of Topliss-reactive ketones (excluding diaryl/α,β-unsaturated/α-hetero) is 1. The van der Waals surface area contributed by atoms with Crippen LogP contribution in [0.3, 0.4) is 0 Å². The highest BCUT2D eigenvalue weighted by Gasteiger charge is 2.92. The van der Waals surface area contributed by atoms with Crippen molar-refractivity contribution in [3.8, 4) is 0 Å². The summed E-state index contributed by atoms with van der Waals surface area (Å²) in [4.78, 5) is 67.3. The van der Waals surface area contributed by atoms with E-state index in [1.54, 1.807) is 6.92 Å². The van der Waals surface area contributed by atoms with Crippen LogP contribution in [0.15, 0.2) is 0 Å². The summed E-state index contributed by atoms with van der Waals surface area (Å²) >= 11 is 0. The van der Waals surface area contributed by atoms with E-state index in [-0.39, 0.29) is 30.8 Å². The molecule has 276 valence electrons. The molecule has 19 atom stereocenters. The van der Waals surface area contributed by atoms with Gasteiger partial charge in [-0.3, -0.25) is 19.2 Å². The van der Waals surface area contributed by atoms with Crippen LogP contribution in [0, 0.1) is 63.6 Å². The normalized spacial score (nSPS) is 56.3. The molecular weight excluding hydrogens is 652 g/mol. The largest absolute Gasteiger partial charge is 0.462 e. The Bertz CT molecular complexity index is 1570. The molecule has 3 aliphatic heterocycles. The van der Waals surface area contributed by atoms with Crippen LogP contribution in [0.2, 0.25) is 0 Å². The third kappa shape index (κ3) is 3.95. The van der Waals surface area contributed by atoms with Gasteiger partial charge in [-0.25, -0.2) is 4.79 Å². The number of carbonyl (C=O) groups is 5. The second-order valence-electron chi connectivity index (χ2n) is 18.0. The van der Waals surface area contributed by atoms with Crippen molar-refractivity contribution < 1.29 is 62.6 Å². The number of ketones is 1. The number of hydrogen-bond donors (Lipinski definition) is 2. The first-order valence-electron chi connectivity index (χ1n) is 18.2. The van der Waals surface area contributed by atoms with Crippen molar-refractivity contribution in [1.82, 2.24) is 0 Å². The maximum absolute atomic E-state index is 14.6. The van der Waals surface area contributed by atoms with Gasteiger partial charge in [0.15, 0.2) is 11.4 Å². The molecule has 8 fully saturated rings. The number of rotatable bonds is 5. The van der Waals surface area contributed by atoms with Crippen molar-refractivity contribution in [3.63, 3.8) is 0 Å². The van der Waals surface area contributed by atoms with Gasteiger partial charge < -0.3 is 38.6 Å². The highest BCUT2D eigenvalue weighted by atomic mass is 16.8. The lowest BCUT2D eigenvalue weighted by Crippen LogP contribution is -2.71. The molecule has 13 nitrogen and oxygen atoms in total. The van der Waals surface area contributed by atoms with Crippen molar-refractivity contribution >= 4 is 29.7 Å². The first kappa shape index (κ1) is 34.5. The van der Waals surface area contributed by atoms with E-state index < -0.39 is 129 Å². The zero-order valence-electron chi connectivity index (χ0n) is 30.2. The van der Waals surface area contributed by atoms with Gasteiger partial charge in [-0.1, -0.05) is 34.6 Å². The summed E-state index contributed by atoms with van der Waals surface area (Å²) in [6.45, 7) is 15.5. The van der Waals surface area contributed by atoms with E-state index in [0.29, 0.717) is 6.42 Å². The number of aliphatic hydroxyl groups is 2. The fourth-order valence-electron chi connectivity index (χ4n) is 13.2. The van der Waals surface area contributed by atoms with E-state index >= 15 is 0 Å². The monoisotopic (exact) mass is 702 g/mol. The second kappa shape index (κ2) is 10.3. The van der Waals surface area contributed by atoms with Crippen LogP contribution in [0.1, 0.15) is 81.6 Å². The Kier molecular flexibility index (Phi) is 7.09. The number of fused-ring (bicyclic) bond motifs is 9. The molecule has 50 heavy (non-hydrogen) atoms. The Morgan fingerprint density at radius 1 is 0.960 bits per heavy atom. The lowest BCUT2D eigenvalue weighted by Gasteiger charge is -2.63. The molecule has 3 saturated heterocycles. The van der Waals surface area contributed by atoms with Crippen molar-refractivity contribution in [2.75, 3.05) is 0 Å². The van der Waals surface area contributed by atoms with Crippen molar-refractivity contribution in [2.24, 2.45) is 63.6 Å². The van der Waals surface area contributed by atoms with E-state index in [1.807, 2.05) is 34.6 Å². The van der Waals surface area contributed by atoms with Gasteiger partial charge in [-0.2, -0.15) is 0 Å². The molecule has 0 radical (unpaired) electrons. The topological polar surface area (TPSA) is 188 Å². The molecule has 0 aromatic heterocycles. The Labute approximate surface area is 291 Å². The molecule has 0 aromatic rings. The van der Waals surface area contributed by atoms with Crippen LogP contribution in [-0.4, -0.2) is 94.0 Å². The van der Waals surface area contributed by atoms with Crippen molar-refractivity contribution in [1.29, 1.82) is 0 Å². The van der Waals surface area contributed by atoms with Gasteiger partial charge in [0.2, 0.25) is 5.79 Å². The molecule has 5 saturated carbocycles. The number of ether oxygens (including phenoxy) is 6. The molecule has 13 heteroatoms. The third-order valence-electron chi connectivity index (χ3n) is 15.1. The molecule has 0 unspecified atom stereocenters. The Morgan fingerprint density at radius 3 is 2.24 bits per heavy atom. The molecule has 3 heterocycles. The number of aliphatic hydroxyl groups excluding tert-OH is 1. The molecule has 0 aromatic carbocycles. The first-order valence-corrected chi connectivity index (χ1v) is 18.2. The van der Waals surface area contributed by atoms with E-state index in [1.165, 1.54) is 20.8 Å². The van der Waals surface area contributed by atoms with Gasteiger partial charge in [0, 0.05) is 55.3 Å². The highest BCUT2D eigenvalue weighted by Crippen LogP contribution is 2.81. The average molecular weight is 703 g/mol. The van der Waals surface area contributed by atoms with Crippen LogP contribution in [0.5, 0.6) is 0 Å². The minimum atomic E-state index is -2.04. The fraction of sp³-hybridized carbons (Fsp3) is 0.865. The lowest BCUT2D eigenvalue weighted by molar-refractivity contribution is -0.241. The first-order chi connectivity index (χ1) is 23.2. The summed E-state index contributed by atoms with van der Waals surface area (Å²) < 4.78 is 36.9. The van der Waals surface area contributed by atoms with Crippen molar-refractivity contribution in [2.45, 2.75) is 136 Å². The van der Waals surface area contributed by atoms with Gasteiger partial charge in [-0.15, -0.1) is 0 Å². The number of carbonyl (C=O) groups excluding carboxylic acids is 5. The number of esters is 4. The molecular formula is C37H50O13. The quantitative estimate of drug-likeness (QED) is 0.241. The summed E-state index contributed by atoms with van der Waals surface area (Å²) in [7, 11) is 0. The SMILES string of the molecule is CC(=O)O[C@@H]1C[C@@]2(C)[C@@H]([C@@H](OC(=O)CC(C)C)[C@@H]3[C@@H]2[C@H](C)[C@H]2O[C@]24OC(=O)[C@@](C)(O)[C@]34C)[C@H]2[C@H]1[C@]1(C)[C@H](C[C@@H]3O[C@@H]3[C@@H]1OC(C)=O)C(=O)[C@@H]2O. The van der Waals surface area contributed by atoms with Gasteiger partial charge >= 0.3 is 23.9 Å². The fourth-order valence-corrected chi connectivity index (χ4v) is 13.2. The maximum atomic E-state index is 14.6. The zero-order valence-corrected chi connectivity index (χ0v) is 30.2. The predicted molar refractivity (Wildman–Crippen MR) is 168 cm³/mol. The minimum Gasteiger partial charge on any atom is -0.462 e. The van der Waals surface area contributed by atoms with Crippen LogP contribution >= 0.6 is 0 Å². The summed E-state index contributed by atoms with van der Waals surface area (Å²) in [6, 6.07) is 0. The molecule has 8 aliphatic rings. The van der Waals surface area contributed by atoms with Gasteiger partial charge in [0.05, 0.1) is 11.5 Å². The molecule has 0 amide bonds. The zero-order chi connectivity index (χ0) is 36.4. The number of hydrogen-bond acceptors (Lipinski definition) is 13. The highest BCUT2D eigenvalue weighted by molar-refractivity contribution is 5.88. The summed E-state index contributed by atoms with van der Waals surface area (Å²) in [5.74, 6) is -8.79. The van der Waals surface area contributed by atoms with E-state index in [9.17, 15) is 34.2 Å². The van der Waals surface area contributed by atoms with Crippen LogP contribution in [0.4, 0.5) is 0 Å². The maximum Gasteiger partial charge on any atom is 0.341 e. The van der Waals surface area contributed by atoms with E-state index in [2.05, 4.69) is 0 Å². The number of epoxide rings is 2. The molecule has 2 N–H and O–H groups in total. The molecule has 5 aliphatic carbocycles. The molecule has 0 bridgehead atoms.